The Morgan fingerprint density at radius 1 is 1.13 bits per heavy atom. The maximum Gasteiger partial charge on any atom is 0.407 e. The molecule has 4 N–H and O–H groups in total. The molecule has 5 amide bonds. The summed E-state index contributed by atoms with van der Waals surface area (Å²) < 4.78 is 4.77. The maximum atomic E-state index is 14.2. The minimum absolute atomic E-state index is 0.0354. The van der Waals surface area contributed by atoms with Crippen LogP contribution in [0.15, 0.2) is 49.6 Å². The minimum Gasteiger partial charge on any atom is -0.479 e. The fourth-order valence-corrected chi connectivity index (χ4v) is 6.56. The van der Waals surface area contributed by atoms with E-state index in [1.807, 2.05) is 24.3 Å². The molecule has 0 aromatic heterocycles. The standard InChI is InChI=1S/C34H48N6O7/c1-7-16-39(31(45)35-24-14-10-11-15-25(24)38-17-12-9-13-18-38)23-19-26(28(41)37-34(30(43)44)20-22(34)8-2)40(21-23)29(42)27(33(3,4)5)36-32(46)47-6/h7-8,10-11,14-15,22-23,26-27H,1-2,9,12-13,16-21H2,3-6H3,(H,35,45)(H,36,46)(H,37,41)(H,43,44)/t22?,23-,26+,27-,34?/m1/s1. The van der Waals surface area contributed by atoms with Gasteiger partial charge in [-0.2, -0.15) is 0 Å². The number of anilines is 2. The lowest BCUT2D eigenvalue weighted by Crippen LogP contribution is -2.59. The van der Waals surface area contributed by atoms with E-state index in [9.17, 15) is 29.1 Å². The van der Waals surface area contributed by atoms with E-state index >= 15 is 0 Å². The predicted molar refractivity (Wildman–Crippen MR) is 178 cm³/mol. The number of likely N-dealkylation sites (tertiary alicyclic amines) is 1. The molecule has 1 saturated carbocycles. The number of benzene rings is 1. The zero-order valence-corrected chi connectivity index (χ0v) is 27.8. The first-order valence-corrected chi connectivity index (χ1v) is 16.1. The van der Waals surface area contributed by atoms with E-state index < -0.39 is 64.9 Å². The average molecular weight is 653 g/mol. The van der Waals surface area contributed by atoms with Gasteiger partial charge in [0.2, 0.25) is 11.8 Å². The number of piperidine rings is 1. The van der Waals surface area contributed by atoms with Crippen molar-refractivity contribution in [1.29, 1.82) is 0 Å². The van der Waals surface area contributed by atoms with Crippen molar-refractivity contribution in [2.75, 3.05) is 43.5 Å². The molecule has 4 rings (SSSR count). The number of ether oxygens (including phenoxy) is 1. The molecule has 2 heterocycles. The van der Waals surface area contributed by atoms with Crippen LogP contribution in [0.3, 0.4) is 0 Å². The molecule has 5 atom stereocenters. The fraction of sp³-hybridized carbons (Fsp3) is 0.559. The molecule has 47 heavy (non-hydrogen) atoms. The van der Waals surface area contributed by atoms with Crippen LogP contribution in [-0.4, -0.2) is 102 Å². The lowest BCUT2D eigenvalue weighted by atomic mass is 9.85. The topological polar surface area (TPSA) is 161 Å². The Labute approximate surface area is 276 Å². The number of alkyl carbamates (subject to hydrolysis) is 1. The van der Waals surface area contributed by atoms with Gasteiger partial charge >= 0.3 is 18.1 Å². The van der Waals surface area contributed by atoms with E-state index in [0.29, 0.717) is 5.69 Å². The summed E-state index contributed by atoms with van der Waals surface area (Å²) in [5, 5.41) is 18.3. The van der Waals surface area contributed by atoms with Gasteiger partial charge in [0.25, 0.3) is 0 Å². The third kappa shape index (κ3) is 7.71. The highest BCUT2D eigenvalue weighted by molar-refractivity contribution is 5.97. The number of hydrogen-bond donors (Lipinski definition) is 4. The van der Waals surface area contributed by atoms with E-state index in [-0.39, 0.29) is 25.9 Å². The molecule has 0 bridgehead atoms. The first-order chi connectivity index (χ1) is 22.3. The highest BCUT2D eigenvalue weighted by atomic mass is 16.5. The Morgan fingerprint density at radius 2 is 1.81 bits per heavy atom. The summed E-state index contributed by atoms with van der Waals surface area (Å²) in [5.41, 5.74) is -0.735. The Balaban J connectivity index is 1.64. The molecule has 0 radical (unpaired) electrons. The van der Waals surface area contributed by atoms with Crippen LogP contribution in [0.1, 0.15) is 52.9 Å². The molecule has 2 unspecified atom stereocenters. The molecule has 256 valence electrons. The molecule has 1 aromatic rings. The summed E-state index contributed by atoms with van der Waals surface area (Å²) in [4.78, 5) is 71.6. The molecule has 0 spiro atoms. The number of nitrogens with one attached hydrogen (secondary N) is 3. The highest BCUT2D eigenvalue weighted by Gasteiger charge is 2.61. The van der Waals surface area contributed by atoms with Gasteiger partial charge in [0.1, 0.15) is 17.6 Å². The van der Waals surface area contributed by atoms with Gasteiger partial charge < -0.3 is 40.5 Å². The van der Waals surface area contributed by atoms with Crippen LogP contribution in [0.5, 0.6) is 0 Å². The molecular formula is C34H48N6O7. The molecule has 3 fully saturated rings. The number of nitrogens with zero attached hydrogens (tertiary/aromatic N) is 3. The van der Waals surface area contributed by atoms with Crippen molar-refractivity contribution in [2.45, 2.75) is 76.5 Å². The number of carboxylic acid groups (broad SMARTS) is 1. The summed E-state index contributed by atoms with van der Waals surface area (Å²) in [7, 11) is 1.19. The van der Waals surface area contributed by atoms with Gasteiger partial charge in [-0.05, 0) is 49.7 Å². The van der Waals surface area contributed by atoms with Gasteiger partial charge in [-0.15, -0.1) is 13.2 Å². The Morgan fingerprint density at radius 3 is 2.38 bits per heavy atom. The fourth-order valence-electron chi connectivity index (χ4n) is 6.56. The van der Waals surface area contributed by atoms with Gasteiger partial charge in [0, 0.05) is 32.1 Å². The van der Waals surface area contributed by atoms with Gasteiger partial charge in [-0.1, -0.05) is 45.1 Å². The van der Waals surface area contributed by atoms with Gasteiger partial charge in [0.15, 0.2) is 0 Å². The van der Waals surface area contributed by atoms with Crippen molar-refractivity contribution in [1.82, 2.24) is 20.4 Å². The van der Waals surface area contributed by atoms with Crippen molar-refractivity contribution in [3.8, 4) is 0 Å². The molecule has 13 heteroatoms. The second-order valence-corrected chi connectivity index (χ2v) is 13.6. The van der Waals surface area contributed by atoms with Crippen LogP contribution in [-0.2, 0) is 19.1 Å². The van der Waals surface area contributed by atoms with Crippen molar-refractivity contribution >= 4 is 41.3 Å². The van der Waals surface area contributed by atoms with Crippen LogP contribution >= 0.6 is 0 Å². The molecule has 1 aliphatic carbocycles. The molecule has 13 nitrogen and oxygen atoms in total. The van der Waals surface area contributed by atoms with E-state index in [4.69, 9.17) is 4.74 Å². The van der Waals surface area contributed by atoms with Crippen LogP contribution in [0, 0.1) is 11.3 Å². The Kier molecular flexibility index (Phi) is 10.9. The molecule has 3 aliphatic rings. The SMILES string of the molecule is C=CCN(C(=O)Nc1ccccc1N1CCCCC1)[C@@H]1C[C@@H](C(=O)NC2(C(=O)O)CC2C=C)N(C(=O)[C@@H](NC(=O)OC)C(C)(C)C)C1. The number of aliphatic carboxylic acids is 1. The number of rotatable bonds is 11. The Hall–Kier alpha value is -4.55. The highest BCUT2D eigenvalue weighted by Crippen LogP contribution is 2.45. The summed E-state index contributed by atoms with van der Waals surface area (Å²) in [6, 6.07) is 4.33. The molecule has 1 aromatic carbocycles. The van der Waals surface area contributed by atoms with E-state index in [2.05, 4.69) is 34.0 Å². The third-order valence-electron chi connectivity index (χ3n) is 9.32. The molecular weight excluding hydrogens is 604 g/mol. The van der Waals surface area contributed by atoms with Crippen molar-refractivity contribution in [3.63, 3.8) is 0 Å². The van der Waals surface area contributed by atoms with Gasteiger partial charge in [0.05, 0.1) is 24.5 Å². The Bertz CT molecular complexity index is 1390. The lowest BCUT2D eigenvalue weighted by Gasteiger charge is -2.35. The number of hydrogen-bond acceptors (Lipinski definition) is 7. The molecule has 2 aliphatic heterocycles. The van der Waals surface area contributed by atoms with Crippen molar-refractivity contribution in [2.24, 2.45) is 11.3 Å². The smallest absolute Gasteiger partial charge is 0.407 e. The van der Waals surface area contributed by atoms with Crippen molar-refractivity contribution in [3.05, 3.63) is 49.6 Å². The normalized spacial score (nSPS) is 24.4. The second-order valence-electron chi connectivity index (χ2n) is 13.6. The number of urea groups is 1. The first-order valence-electron chi connectivity index (χ1n) is 16.1. The number of carbonyl (C=O) groups is 5. The van der Waals surface area contributed by atoms with Gasteiger partial charge in [-0.3, -0.25) is 9.59 Å². The number of amides is 5. The summed E-state index contributed by atoms with van der Waals surface area (Å²) in [6.07, 6.45) is 5.76. The van der Waals surface area contributed by atoms with E-state index in [1.165, 1.54) is 23.0 Å². The lowest BCUT2D eigenvalue weighted by molar-refractivity contribution is -0.146. The number of carboxylic acids is 1. The first kappa shape index (κ1) is 35.3. The van der Waals surface area contributed by atoms with Crippen LogP contribution < -0.4 is 20.9 Å². The zero-order chi connectivity index (χ0) is 34.5. The number of methoxy groups -OCH3 is 1. The maximum absolute atomic E-state index is 14.2. The molecule has 2 saturated heterocycles. The zero-order valence-electron chi connectivity index (χ0n) is 27.8. The predicted octanol–water partition coefficient (Wildman–Crippen LogP) is 3.58. The summed E-state index contributed by atoms with van der Waals surface area (Å²) >= 11 is 0. The second kappa shape index (κ2) is 14.5. The van der Waals surface area contributed by atoms with Crippen LogP contribution in [0.25, 0.3) is 0 Å². The minimum atomic E-state index is -1.52. The van der Waals surface area contributed by atoms with E-state index in [0.717, 1.165) is 38.0 Å². The van der Waals surface area contributed by atoms with Crippen LogP contribution in [0.4, 0.5) is 21.0 Å². The monoisotopic (exact) mass is 652 g/mol. The third-order valence-corrected chi connectivity index (χ3v) is 9.32. The average Bonchev–Trinajstić information content (AvgIpc) is 3.59. The quantitative estimate of drug-likeness (QED) is 0.264. The van der Waals surface area contributed by atoms with E-state index in [1.54, 1.807) is 26.8 Å². The largest absolute Gasteiger partial charge is 0.479 e. The number of para-hydroxylation sites is 2. The van der Waals surface area contributed by atoms with Crippen molar-refractivity contribution < 1.29 is 33.8 Å². The van der Waals surface area contributed by atoms with Crippen LogP contribution in [0.2, 0.25) is 0 Å². The summed E-state index contributed by atoms with van der Waals surface area (Å²) in [6.45, 7) is 14.7. The van der Waals surface area contributed by atoms with Gasteiger partial charge in [-0.25, -0.2) is 14.4 Å². The number of carbonyl (C=O) groups excluding carboxylic acids is 4. The summed E-state index contributed by atoms with van der Waals surface area (Å²) in [5.74, 6) is -2.87.